The molecule has 1 aromatic carbocycles. The highest BCUT2D eigenvalue weighted by Crippen LogP contribution is 2.28. The molecule has 0 heterocycles. The molecule has 3 heteroatoms. The minimum atomic E-state index is -0.0689. The Bertz CT molecular complexity index is 437. The molecule has 116 valence electrons. The van der Waals surface area contributed by atoms with Gasteiger partial charge in [-0.3, -0.25) is 9.69 Å². The molecule has 0 spiro atoms. The van der Waals surface area contributed by atoms with E-state index in [-0.39, 0.29) is 5.97 Å². The first-order valence-electron chi connectivity index (χ1n) is 8.20. The van der Waals surface area contributed by atoms with Crippen LogP contribution in [0.1, 0.15) is 50.7 Å². The molecule has 1 saturated carbocycles. The van der Waals surface area contributed by atoms with E-state index in [0.29, 0.717) is 13.0 Å². The lowest BCUT2D eigenvalue weighted by Gasteiger charge is -2.22. The van der Waals surface area contributed by atoms with Crippen LogP contribution in [0.25, 0.3) is 0 Å². The van der Waals surface area contributed by atoms with E-state index in [1.54, 1.807) is 0 Å². The summed E-state index contributed by atoms with van der Waals surface area (Å²) in [5.74, 6) is -0.0689. The Morgan fingerprint density at radius 2 is 1.86 bits per heavy atom. The molecule has 0 N–H and O–H groups in total. The topological polar surface area (TPSA) is 29.5 Å². The maximum Gasteiger partial charge on any atom is 0.305 e. The maximum absolute atomic E-state index is 11.4. The molecular formula is C18H27NO2. The second-order valence-electron chi connectivity index (χ2n) is 5.78. The van der Waals surface area contributed by atoms with E-state index in [2.05, 4.69) is 36.1 Å². The lowest BCUT2D eigenvalue weighted by atomic mass is 10.1. The quantitative estimate of drug-likeness (QED) is 0.651. The van der Waals surface area contributed by atoms with Crippen molar-refractivity contribution in [3.8, 4) is 0 Å². The van der Waals surface area contributed by atoms with Crippen molar-refractivity contribution in [2.24, 2.45) is 0 Å². The third-order valence-corrected chi connectivity index (χ3v) is 4.01. The van der Waals surface area contributed by atoms with Gasteiger partial charge in [0.2, 0.25) is 0 Å². The Balaban J connectivity index is 1.80. The Labute approximate surface area is 128 Å². The average molecular weight is 289 g/mol. The fraction of sp³-hybridized carbons (Fsp3) is 0.611. The Morgan fingerprint density at radius 1 is 1.19 bits per heavy atom. The van der Waals surface area contributed by atoms with Gasteiger partial charge in [0, 0.05) is 19.0 Å². The number of hydrogen-bond donors (Lipinski definition) is 0. The van der Waals surface area contributed by atoms with Crippen LogP contribution < -0.4 is 0 Å². The van der Waals surface area contributed by atoms with Crippen molar-refractivity contribution in [2.45, 2.75) is 58.5 Å². The molecule has 1 aliphatic rings. The number of esters is 1. The standard InChI is InChI=1S/C18H27NO2/c1-3-15-7-9-16(10-8-15)14-19(17-11-12-17)13-5-6-18(20)21-4-2/h7-10,17H,3-6,11-14H2,1-2H3. The minimum absolute atomic E-state index is 0.0689. The highest BCUT2D eigenvalue weighted by molar-refractivity contribution is 5.69. The first-order valence-corrected chi connectivity index (χ1v) is 8.20. The summed E-state index contributed by atoms with van der Waals surface area (Å²) in [6.07, 6.45) is 5.11. The Hall–Kier alpha value is -1.35. The van der Waals surface area contributed by atoms with Gasteiger partial charge < -0.3 is 4.74 Å². The van der Waals surface area contributed by atoms with E-state index >= 15 is 0 Å². The molecule has 0 radical (unpaired) electrons. The van der Waals surface area contributed by atoms with Gasteiger partial charge in [-0.1, -0.05) is 31.2 Å². The Morgan fingerprint density at radius 3 is 2.43 bits per heavy atom. The van der Waals surface area contributed by atoms with Gasteiger partial charge in [-0.2, -0.15) is 0 Å². The maximum atomic E-state index is 11.4. The van der Waals surface area contributed by atoms with Crippen LogP contribution in [0.3, 0.4) is 0 Å². The molecule has 1 aliphatic carbocycles. The lowest BCUT2D eigenvalue weighted by Crippen LogP contribution is -2.27. The molecule has 3 nitrogen and oxygen atoms in total. The van der Waals surface area contributed by atoms with E-state index in [9.17, 15) is 4.79 Å². The summed E-state index contributed by atoms with van der Waals surface area (Å²) < 4.78 is 4.99. The zero-order valence-corrected chi connectivity index (χ0v) is 13.3. The number of aryl methyl sites for hydroxylation is 1. The van der Waals surface area contributed by atoms with Crippen molar-refractivity contribution in [3.63, 3.8) is 0 Å². The molecule has 1 aromatic rings. The molecule has 0 saturated heterocycles. The molecule has 21 heavy (non-hydrogen) atoms. The van der Waals surface area contributed by atoms with Crippen LogP contribution in [0.2, 0.25) is 0 Å². The van der Waals surface area contributed by atoms with Gasteiger partial charge in [-0.15, -0.1) is 0 Å². The molecule has 0 amide bonds. The fourth-order valence-electron chi connectivity index (χ4n) is 2.60. The molecule has 0 aliphatic heterocycles. The first kappa shape index (κ1) is 16.0. The largest absolute Gasteiger partial charge is 0.466 e. The van der Waals surface area contributed by atoms with Gasteiger partial charge in [-0.05, 0) is 50.3 Å². The summed E-state index contributed by atoms with van der Waals surface area (Å²) in [6, 6.07) is 9.63. The third kappa shape index (κ3) is 5.50. The van der Waals surface area contributed by atoms with Crippen LogP contribution in [-0.4, -0.2) is 30.1 Å². The first-order chi connectivity index (χ1) is 10.2. The predicted molar refractivity (Wildman–Crippen MR) is 85.1 cm³/mol. The number of benzene rings is 1. The summed E-state index contributed by atoms with van der Waals surface area (Å²) in [5, 5.41) is 0. The van der Waals surface area contributed by atoms with Gasteiger partial charge in [0.05, 0.1) is 6.61 Å². The van der Waals surface area contributed by atoms with Crippen molar-refractivity contribution in [2.75, 3.05) is 13.2 Å². The highest BCUT2D eigenvalue weighted by atomic mass is 16.5. The van der Waals surface area contributed by atoms with Crippen LogP contribution in [0.15, 0.2) is 24.3 Å². The van der Waals surface area contributed by atoms with Crippen molar-refractivity contribution in [3.05, 3.63) is 35.4 Å². The van der Waals surface area contributed by atoms with E-state index in [1.807, 2.05) is 6.92 Å². The molecular weight excluding hydrogens is 262 g/mol. The fourth-order valence-corrected chi connectivity index (χ4v) is 2.60. The van der Waals surface area contributed by atoms with Gasteiger partial charge in [0.15, 0.2) is 0 Å². The molecule has 0 bridgehead atoms. The van der Waals surface area contributed by atoms with Crippen LogP contribution in [0.4, 0.5) is 0 Å². The Kier molecular flexibility index (Phi) is 6.24. The van der Waals surface area contributed by atoms with E-state index in [4.69, 9.17) is 4.74 Å². The number of carbonyl (C=O) groups is 1. The van der Waals surface area contributed by atoms with Crippen LogP contribution in [0, 0.1) is 0 Å². The van der Waals surface area contributed by atoms with Gasteiger partial charge in [-0.25, -0.2) is 0 Å². The minimum Gasteiger partial charge on any atom is -0.466 e. The van der Waals surface area contributed by atoms with Crippen molar-refractivity contribution in [1.82, 2.24) is 4.90 Å². The third-order valence-electron chi connectivity index (χ3n) is 4.01. The van der Waals surface area contributed by atoms with E-state index in [0.717, 1.165) is 32.0 Å². The molecule has 0 unspecified atom stereocenters. The summed E-state index contributed by atoms with van der Waals surface area (Å²) in [6.45, 7) is 6.50. The number of hydrogen-bond acceptors (Lipinski definition) is 3. The van der Waals surface area contributed by atoms with Gasteiger partial charge in [0.1, 0.15) is 0 Å². The number of ether oxygens (including phenoxy) is 1. The normalized spacial score (nSPS) is 14.4. The lowest BCUT2D eigenvalue weighted by molar-refractivity contribution is -0.143. The summed E-state index contributed by atoms with van der Waals surface area (Å²) in [5.41, 5.74) is 2.76. The number of carbonyl (C=O) groups excluding carboxylic acids is 1. The van der Waals surface area contributed by atoms with E-state index in [1.165, 1.54) is 24.0 Å². The zero-order chi connectivity index (χ0) is 15.1. The number of rotatable bonds is 9. The van der Waals surface area contributed by atoms with Crippen molar-refractivity contribution < 1.29 is 9.53 Å². The van der Waals surface area contributed by atoms with Crippen molar-refractivity contribution in [1.29, 1.82) is 0 Å². The van der Waals surface area contributed by atoms with Crippen molar-refractivity contribution >= 4 is 5.97 Å². The van der Waals surface area contributed by atoms with Gasteiger partial charge >= 0.3 is 5.97 Å². The molecule has 0 aromatic heterocycles. The van der Waals surface area contributed by atoms with Crippen LogP contribution >= 0.6 is 0 Å². The molecule has 1 fully saturated rings. The summed E-state index contributed by atoms with van der Waals surface area (Å²) >= 11 is 0. The second kappa shape index (κ2) is 8.18. The van der Waals surface area contributed by atoms with Crippen LogP contribution in [0.5, 0.6) is 0 Å². The molecule has 2 rings (SSSR count). The predicted octanol–water partition coefficient (Wildman–Crippen LogP) is 3.56. The smallest absolute Gasteiger partial charge is 0.305 e. The van der Waals surface area contributed by atoms with Gasteiger partial charge in [0.25, 0.3) is 0 Å². The second-order valence-corrected chi connectivity index (χ2v) is 5.78. The zero-order valence-electron chi connectivity index (χ0n) is 13.3. The van der Waals surface area contributed by atoms with Crippen LogP contribution in [-0.2, 0) is 22.5 Å². The number of nitrogens with zero attached hydrogens (tertiary/aromatic N) is 1. The summed E-state index contributed by atoms with van der Waals surface area (Å²) in [7, 11) is 0. The average Bonchev–Trinajstić information content (AvgIpc) is 3.32. The molecule has 0 atom stereocenters. The monoisotopic (exact) mass is 289 g/mol. The van der Waals surface area contributed by atoms with E-state index < -0.39 is 0 Å². The highest BCUT2D eigenvalue weighted by Gasteiger charge is 2.28. The summed E-state index contributed by atoms with van der Waals surface area (Å²) in [4.78, 5) is 13.9. The SMILES string of the molecule is CCOC(=O)CCCN(Cc1ccc(CC)cc1)C1CC1.